The van der Waals surface area contributed by atoms with Gasteiger partial charge < -0.3 is 10.4 Å². The van der Waals surface area contributed by atoms with Crippen LogP contribution in [0.25, 0.3) is 0 Å². The van der Waals surface area contributed by atoms with Crippen LogP contribution in [0.3, 0.4) is 0 Å². The molecule has 1 rings (SSSR count). The van der Waals surface area contributed by atoms with E-state index in [1.165, 1.54) is 0 Å². The van der Waals surface area contributed by atoms with Crippen LogP contribution in [0.15, 0.2) is 22.7 Å². The van der Waals surface area contributed by atoms with E-state index >= 15 is 0 Å². The lowest BCUT2D eigenvalue weighted by Gasteiger charge is -2.14. The number of rotatable bonds is 7. The van der Waals surface area contributed by atoms with E-state index in [2.05, 4.69) is 21.2 Å². The molecule has 0 saturated heterocycles. The predicted molar refractivity (Wildman–Crippen MR) is 71.9 cm³/mol. The van der Waals surface area contributed by atoms with E-state index in [9.17, 15) is 9.18 Å². The zero-order valence-electron chi connectivity index (χ0n) is 10.2. The van der Waals surface area contributed by atoms with Crippen molar-refractivity contribution in [2.45, 2.75) is 38.8 Å². The number of hydrogen-bond acceptors (Lipinski definition) is 2. The summed E-state index contributed by atoms with van der Waals surface area (Å²) in [4.78, 5) is 11.0. The van der Waals surface area contributed by atoms with Crippen LogP contribution in [0.4, 0.5) is 4.39 Å². The molecule has 0 aliphatic carbocycles. The minimum absolute atomic E-state index is 0.214. The first-order chi connectivity index (χ1) is 8.56. The highest BCUT2D eigenvalue weighted by atomic mass is 79.9. The van der Waals surface area contributed by atoms with E-state index in [0.717, 1.165) is 12.8 Å². The molecule has 18 heavy (non-hydrogen) atoms. The highest BCUT2D eigenvalue weighted by Gasteiger charge is 2.16. The van der Waals surface area contributed by atoms with Crippen molar-refractivity contribution < 1.29 is 14.3 Å². The number of carboxylic acid groups (broad SMARTS) is 1. The molecule has 0 bridgehead atoms. The molecular weight excluding hydrogens is 301 g/mol. The third-order valence-electron chi connectivity index (χ3n) is 2.71. The van der Waals surface area contributed by atoms with E-state index in [4.69, 9.17) is 5.11 Å². The number of aliphatic carboxylic acids is 1. The summed E-state index contributed by atoms with van der Waals surface area (Å²) in [5.41, 5.74) is 0.465. The van der Waals surface area contributed by atoms with Gasteiger partial charge in [-0.15, -0.1) is 0 Å². The molecular formula is C13H17BrFNO2. The molecule has 0 fully saturated rings. The number of nitrogens with one attached hydrogen (secondary N) is 1. The average molecular weight is 318 g/mol. The summed E-state index contributed by atoms with van der Waals surface area (Å²) in [6.45, 7) is 2.22. The van der Waals surface area contributed by atoms with Crippen molar-refractivity contribution in [3.05, 3.63) is 34.1 Å². The SMILES string of the molecule is CCCCC(NCc1cccc(Br)c1F)C(=O)O. The first-order valence-corrected chi connectivity index (χ1v) is 6.74. The molecule has 0 aromatic heterocycles. The summed E-state index contributed by atoms with van der Waals surface area (Å²) in [5, 5.41) is 11.9. The first kappa shape index (κ1) is 15.1. The van der Waals surface area contributed by atoms with Gasteiger partial charge in [-0.3, -0.25) is 4.79 Å². The molecule has 0 aliphatic heterocycles. The zero-order chi connectivity index (χ0) is 13.5. The lowest BCUT2D eigenvalue weighted by Crippen LogP contribution is -2.36. The molecule has 1 aromatic rings. The molecule has 0 radical (unpaired) electrons. The summed E-state index contributed by atoms with van der Waals surface area (Å²) >= 11 is 3.10. The second kappa shape index (κ2) is 7.48. The molecule has 0 heterocycles. The summed E-state index contributed by atoms with van der Waals surface area (Å²) in [6, 6.07) is 4.37. The van der Waals surface area contributed by atoms with Crippen LogP contribution in [0.5, 0.6) is 0 Å². The van der Waals surface area contributed by atoms with E-state index < -0.39 is 12.0 Å². The van der Waals surface area contributed by atoms with Gasteiger partial charge >= 0.3 is 5.97 Å². The van der Waals surface area contributed by atoms with Crippen molar-refractivity contribution in [2.75, 3.05) is 0 Å². The van der Waals surface area contributed by atoms with E-state index in [-0.39, 0.29) is 12.4 Å². The minimum Gasteiger partial charge on any atom is -0.480 e. The molecule has 1 unspecified atom stereocenters. The minimum atomic E-state index is -0.890. The number of halogens is 2. The van der Waals surface area contributed by atoms with Gasteiger partial charge in [0.1, 0.15) is 11.9 Å². The molecule has 2 N–H and O–H groups in total. The van der Waals surface area contributed by atoms with Crippen molar-refractivity contribution in [1.82, 2.24) is 5.32 Å². The summed E-state index contributed by atoms with van der Waals surface area (Å²) < 4.78 is 14.1. The third-order valence-corrected chi connectivity index (χ3v) is 3.33. The Morgan fingerprint density at radius 1 is 1.56 bits per heavy atom. The van der Waals surface area contributed by atoms with Crippen LogP contribution >= 0.6 is 15.9 Å². The highest BCUT2D eigenvalue weighted by molar-refractivity contribution is 9.10. The van der Waals surface area contributed by atoms with Gasteiger partial charge in [0.15, 0.2) is 0 Å². The topological polar surface area (TPSA) is 49.3 Å². The van der Waals surface area contributed by atoms with Gasteiger partial charge in [0.25, 0.3) is 0 Å². The van der Waals surface area contributed by atoms with Crippen LogP contribution in [0.1, 0.15) is 31.7 Å². The van der Waals surface area contributed by atoms with Crippen molar-refractivity contribution in [1.29, 1.82) is 0 Å². The summed E-state index contributed by atoms with van der Waals surface area (Å²) in [7, 11) is 0. The second-order valence-electron chi connectivity index (χ2n) is 4.13. The van der Waals surface area contributed by atoms with Crippen LogP contribution in [0, 0.1) is 5.82 Å². The van der Waals surface area contributed by atoms with Gasteiger partial charge in [-0.25, -0.2) is 4.39 Å². The molecule has 1 aromatic carbocycles. The quantitative estimate of drug-likeness (QED) is 0.811. The molecule has 0 saturated carbocycles. The van der Waals surface area contributed by atoms with Crippen molar-refractivity contribution in [2.24, 2.45) is 0 Å². The molecule has 0 amide bonds. The average Bonchev–Trinajstić information content (AvgIpc) is 2.33. The largest absolute Gasteiger partial charge is 0.480 e. The van der Waals surface area contributed by atoms with Gasteiger partial charge in [-0.1, -0.05) is 31.9 Å². The summed E-state index contributed by atoms with van der Waals surface area (Å²) in [5.74, 6) is -1.23. The standard InChI is InChI=1S/C13H17BrFNO2/c1-2-3-7-11(13(17)18)16-8-9-5-4-6-10(14)12(9)15/h4-6,11,16H,2-3,7-8H2,1H3,(H,17,18). The second-order valence-corrected chi connectivity index (χ2v) is 4.98. The summed E-state index contributed by atoms with van der Waals surface area (Å²) in [6.07, 6.45) is 2.34. The van der Waals surface area contributed by atoms with Gasteiger partial charge in [0.2, 0.25) is 0 Å². The van der Waals surface area contributed by atoms with Gasteiger partial charge in [0, 0.05) is 12.1 Å². The van der Waals surface area contributed by atoms with Gasteiger partial charge in [-0.2, -0.15) is 0 Å². The van der Waals surface area contributed by atoms with Crippen molar-refractivity contribution >= 4 is 21.9 Å². The molecule has 0 aliphatic rings. The van der Waals surface area contributed by atoms with Gasteiger partial charge in [-0.05, 0) is 28.4 Å². The Labute approximate surface area is 115 Å². The Kier molecular flexibility index (Phi) is 6.29. The van der Waals surface area contributed by atoms with Crippen LogP contribution < -0.4 is 5.32 Å². The molecule has 1 atom stereocenters. The van der Waals surface area contributed by atoms with Crippen LogP contribution in [-0.2, 0) is 11.3 Å². The number of carboxylic acids is 1. The lowest BCUT2D eigenvalue weighted by molar-refractivity contribution is -0.139. The smallest absolute Gasteiger partial charge is 0.320 e. The molecule has 5 heteroatoms. The number of unbranched alkanes of at least 4 members (excludes halogenated alkanes) is 1. The number of benzene rings is 1. The lowest BCUT2D eigenvalue weighted by atomic mass is 10.1. The van der Waals surface area contributed by atoms with Gasteiger partial charge in [0.05, 0.1) is 4.47 Å². The number of carbonyl (C=O) groups is 1. The van der Waals surface area contributed by atoms with Crippen LogP contribution in [0.2, 0.25) is 0 Å². The Morgan fingerprint density at radius 3 is 2.89 bits per heavy atom. The Balaban J connectivity index is 2.61. The third kappa shape index (κ3) is 4.38. The van der Waals surface area contributed by atoms with E-state index in [0.29, 0.717) is 16.5 Å². The molecule has 0 spiro atoms. The fraction of sp³-hybridized carbons (Fsp3) is 0.462. The Hall–Kier alpha value is -0.940. The zero-order valence-corrected chi connectivity index (χ0v) is 11.8. The maximum absolute atomic E-state index is 13.7. The van der Waals surface area contributed by atoms with Crippen molar-refractivity contribution in [3.8, 4) is 0 Å². The Morgan fingerprint density at radius 2 is 2.28 bits per heavy atom. The molecule has 3 nitrogen and oxygen atoms in total. The molecule has 100 valence electrons. The van der Waals surface area contributed by atoms with E-state index in [1.807, 2.05) is 6.92 Å². The monoisotopic (exact) mass is 317 g/mol. The fourth-order valence-corrected chi connectivity index (χ4v) is 2.05. The number of hydrogen-bond donors (Lipinski definition) is 2. The van der Waals surface area contributed by atoms with E-state index in [1.54, 1.807) is 18.2 Å². The maximum atomic E-state index is 13.7. The predicted octanol–water partition coefficient (Wildman–Crippen LogP) is 3.32. The fourth-order valence-electron chi connectivity index (χ4n) is 1.64. The Bertz CT molecular complexity index is 412. The first-order valence-electron chi connectivity index (χ1n) is 5.95. The maximum Gasteiger partial charge on any atom is 0.320 e. The highest BCUT2D eigenvalue weighted by Crippen LogP contribution is 2.18. The normalized spacial score (nSPS) is 12.4. The van der Waals surface area contributed by atoms with Crippen molar-refractivity contribution in [3.63, 3.8) is 0 Å². The van der Waals surface area contributed by atoms with Crippen LogP contribution in [-0.4, -0.2) is 17.1 Å².